The summed E-state index contributed by atoms with van der Waals surface area (Å²) in [6.07, 6.45) is 2.57. The number of hydrogen-bond acceptors (Lipinski definition) is 6. The van der Waals surface area contributed by atoms with Gasteiger partial charge in [0.05, 0.1) is 0 Å². The van der Waals surface area contributed by atoms with Gasteiger partial charge in [0.15, 0.2) is 0 Å². The zero-order valence-electron chi connectivity index (χ0n) is 11.3. The van der Waals surface area contributed by atoms with Crippen LogP contribution >= 0.6 is 0 Å². The minimum absolute atomic E-state index is 0.244. The number of nitrogens with zero attached hydrogens (tertiary/aromatic N) is 1. The molecule has 0 aliphatic rings. The SMILES string of the molecule is O=C(O)C=CC(=O)Nc1cc(=O)[nH]c(NC(=O)C=CC(=O)O)n1. The van der Waals surface area contributed by atoms with Crippen molar-refractivity contribution >= 4 is 35.5 Å². The van der Waals surface area contributed by atoms with Gasteiger partial charge < -0.3 is 15.5 Å². The van der Waals surface area contributed by atoms with Crippen LogP contribution in [0.5, 0.6) is 0 Å². The van der Waals surface area contributed by atoms with Gasteiger partial charge in [0.1, 0.15) is 5.82 Å². The average Bonchev–Trinajstić information content (AvgIpc) is 2.42. The molecule has 23 heavy (non-hydrogen) atoms. The van der Waals surface area contributed by atoms with E-state index in [-0.39, 0.29) is 11.8 Å². The maximum absolute atomic E-state index is 11.4. The van der Waals surface area contributed by atoms with Crippen LogP contribution < -0.4 is 16.2 Å². The van der Waals surface area contributed by atoms with Crippen LogP contribution in [0.3, 0.4) is 0 Å². The van der Waals surface area contributed by atoms with Gasteiger partial charge in [-0.1, -0.05) is 0 Å². The molecule has 0 saturated heterocycles. The number of amides is 2. The third-order valence-corrected chi connectivity index (χ3v) is 1.99. The molecule has 0 atom stereocenters. The van der Waals surface area contributed by atoms with Gasteiger partial charge in [-0.2, -0.15) is 4.98 Å². The van der Waals surface area contributed by atoms with E-state index in [1.54, 1.807) is 0 Å². The summed E-state index contributed by atoms with van der Waals surface area (Å²) in [7, 11) is 0. The Morgan fingerprint density at radius 2 is 1.48 bits per heavy atom. The summed E-state index contributed by atoms with van der Waals surface area (Å²) < 4.78 is 0. The summed E-state index contributed by atoms with van der Waals surface area (Å²) in [5.41, 5.74) is -0.713. The molecule has 11 heteroatoms. The highest BCUT2D eigenvalue weighted by molar-refractivity contribution is 6.03. The molecule has 1 aromatic heterocycles. The summed E-state index contributed by atoms with van der Waals surface area (Å²) in [5, 5.41) is 20.9. The molecule has 0 fully saturated rings. The molecule has 0 aromatic carbocycles. The minimum Gasteiger partial charge on any atom is -0.478 e. The van der Waals surface area contributed by atoms with E-state index in [1.165, 1.54) is 0 Å². The zero-order valence-corrected chi connectivity index (χ0v) is 11.3. The van der Waals surface area contributed by atoms with Crippen molar-refractivity contribution in [2.75, 3.05) is 10.6 Å². The second-order valence-corrected chi connectivity index (χ2v) is 3.80. The van der Waals surface area contributed by atoms with Crippen LogP contribution in [-0.4, -0.2) is 43.9 Å². The number of rotatable bonds is 6. The van der Waals surface area contributed by atoms with Gasteiger partial charge in [0, 0.05) is 30.4 Å². The van der Waals surface area contributed by atoms with E-state index in [2.05, 4.69) is 20.6 Å². The summed E-state index contributed by atoms with van der Waals surface area (Å²) >= 11 is 0. The Bertz CT molecular complexity index is 704. The van der Waals surface area contributed by atoms with Gasteiger partial charge in [-0.3, -0.25) is 24.7 Å². The highest BCUT2D eigenvalue weighted by atomic mass is 16.4. The van der Waals surface area contributed by atoms with Gasteiger partial charge in [0.2, 0.25) is 11.9 Å². The second-order valence-electron chi connectivity index (χ2n) is 3.80. The fourth-order valence-corrected chi connectivity index (χ4v) is 1.20. The Balaban J connectivity index is 2.85. The highest BCUT2D eigenvalue weighted by Crippen LogP contribution is 2.03. The van der Waals surface area contributed by atoms with Crippen molar-refractivity contribution in [3.63, 3.8) is 0 Å². The largest absolute Gasteiger partial charge is 0.478 e. The molecule has 0 spiro atoms. The van der Waals surface area contributed by atoms with Crippen molar-refractivity contribution < 1.29 is 29.4 Å². The van der Waals surface area contributed by atoms with Crippen molar-refractivity contribution in [3.05, 3.63) is 40.7 Å². The predicted octanol–water partition coefficient (Wildman–Crippen LogP) is -1.07. The van der Waals surface area contributed by atoms with Crippen molar-refractivity contribution in [1.29, 1.82) is 0 Å². The molecule has 5 N–H and O–H groups in total. The molecule has 1 aromatic rings. The van der Waals surface area contributed by atoms with Crippen LogP contribution in [0.15, 0.2) is 35.2 Å². The number of H-pyrrole nitrogens is 1. The second kappa shape index (κ2) is 7.87. The normalized spacial score (nSPS) is 10.6. The monoisotopic (exact) mass is 322 g/mol. The zero-order chi connectivity index (χ0) is 17.4. The topological polar surface area (TPSA) is 179 Å². The molecule has 0 radical (unpaired) electrons. The van der Waals surface area contributed by atoms with E-state index in [4.69, 9.17) is 10.2 Å². The first kappa shape index (κ1) is 17.3. The van der Waals surface area contributed by atoms with E-state index < -0.39 is 29.3 Å². The van der Waals surface area contributed by atoms with Crippen LogP contribution in [0, 0.1) is 0 Å². The average molecular weight is 322 g/mol. The van der Waals surface area contributed by atoms with Crippen LogP contribution in [0.2, 0.25) is 0 Å². The summed E-state index contributed by atoms with van der Waals surface area (Å²) in [6, 6.07) is 0.898. The van der Waals surface area contributed by atoms with E-state index >= 15 is 0 Å². The number of carbonyl (C=O) groups is 4. The lowest BCUT2D eigenvalue weighted by atomic mass is 10.4. The summed E-state index contributed by atoms with van der Waals surface area (Å²) in [5.74, 6) is -4.98. The number of carbonyl (C=O) groups excluding carboxylic acids is 2. The van der Waals surface area contributed by atoms with Crippen molar-refractivity contribution in [2.24, 2.45) is 0 Å². The Kier molecular flexibility index (Phi) is 5.92. The third kappa shape index (κ3) is 6.99. The van der Waals surface area contributed by atoms with E-state index in [0.717, 1.165) is 6.07 Å². The molecule has 0 aliphatic heterocycles. The van der Waals surface area contributed by atoms with Gasteiger partial charge in [-0.25, -0.2) is 9.59 Å². The maximum atomic E-state index is 11.4. The molecule has 0 saturated carbocycles. The van der Waals surface area contributed by atoms with Crippen molar-refractivity contribution in [3.8, 4) is 0 Å². The Hall–Kier alpha value is -3.76. The van der Waals surface area contributed by atoms with Gasteiger partial charge >= 0.3 is 11.9 Å². The first-order chi connectivity index (χ1) is 10.8. The molecular formula is C12H10N4O7. The minimum atomic E-state index is -1.34. The Morgan fingerprint density at radius 1 is 0.957 bits per heavy atom. The number of hydrogen-bond donors (Lipinski definition) is 5. The number of carboxylic acid groups (broad SMARTS) is 2. The third-order valence-electron chi connectivity index (χ3n) is 1.99. The molecule has 1 heterocycles. The number of nitrogens with one attached hydrogen (secondary N) is 3. The quantitative estimate of drug-likeness (QED) is 0.410. The van der Waals surface area contributed by atoms with Crippen LogP contribution in [0.1, 0.15) is 0 Å². The molecule has 2 amide bonds. The summed E-state index contributed by atoms with van der Waals surface area (Å²) in [6.45, 7) is 0. The van der Waals surface area contributed by atoms with Crippen LogP contribution in [0.4, 0.5) is 11.8 Å². The molecule has 11 nitrogen and oxygen atoms in total. The number of aromatic amines is 1. The molecule has 0 unspecified atom stereocenters. The molecular weight excluding hydrogens is 312 g/mol. The fraction of sp³-hybridized carbons (Fsp3) is 0. The summed E-state index contributed by atoms with van der Waals surface area (Å²) in [4.78, 5) is 60.5. The molecule has 0 aliphatic carbocycles. The number of carboxylic acids is 2. The van der Waals surface area contributed by atoms with Gasteiger partial charge in [-0.15, -0.1) is 0 Å². The fourth-order valence-electron chi connectivity index (χ4n) is 1.20. The van der Waals surface area contributed by atoms with E-state index in [1.807, 2.05) is 0 Å². The lowest BCUT2D eigenvalue weighted by Crippen LogP contribution is -2.19. The van der Waals surface area contributed by atoms with Crippen LogP contribution in [0.25, 0.3) is 0 Å². The van der Waals surface area contributed by atoms with Gasteiger partial charge in [-0.05, 0) is 0 Å². The lowest BCUT2D eigenvalue weighted by molar-refractivity contribution is -0.132. The van der Waals surface area contributed by atoms with E-state index in [0.29, 0.717) is 24.3 Å². The predicted molar refractivity (Wildman–Crippen MR) is 75.7 cm³/mol. The Morgan fingerprint density at radius 3 is 2.00 bits per heavy atom. The number of anilines is 2. The first-order valence-electron chi connectivity index (χ1n) is 5.81. The number of aliphatic carboxylic acids is 2. The molecule has 120 valence electrons. The lowest BCUT2D eigenvalue weighted by Gasteiger charge is -2.04. The molecule has 0 bridgehead atoms. The van der Waals surface area contributed by atoms with Gasteiger partial charge in [0.25, 0.3) is 11.5 Å². The first-order valence-corrected chi connectivity index (χ1v) is 5.81. The Labute approximate surface area is 127 Å². The number of aromatic nitrogens is 2. The van der Waals surface area contributed by atoms with Crippen molar-refractivity contribution in [2.45, 2.75) is 0 Å². The molecule has 1 rings (SSSR count). The van der Waals surface area contributed by atoms with Crippen molar-refractivity contribution in [1.82, 2.24) is 9.97 Å². The maximum Gasteiger partial charge on any atom is 0.328 e. The van der Waals surface area contributed by atoms with Crippen LogP contribution in [-0.2, 0) is 19.2 Å². The smallest absolute Gasteiger partial charge is 0.328 e. The standard InChI is InChI=1S/C12H10N4O7/c17-7(1-3-10(20)21)13-6-5-9(19)16-12(14-6)15-8(18)2-4-11(22)23/h1-5H,(H,20,21)(H,22,23)(H3,13,14,15,16,17,18,19). The van der Waals surface area contributed by atoms with E-state index in [9.17, 15) is 24.0 Å². The highest BCUT2D eigenvalue weighted by Gasteiger charge is 2.06.